The lowest BCUT2D eigenvalue weighted by Crippen LogP contribution is -2.45. The summed E-state index contributed by atoms with van der Waals surface area (Å²) < 4.78 is 44.1. The third-order valence-corrected chi connectivity index (χ3v) is 5.46. The average molecular weight is 358 g/mol. The average Bonchev–Trinajstić information content (AvgIpc) is 2.58. The molecule has 0 amide bonds. The van der Waals surface area contributed by atoms with Crippen molar-refractivity contribution in [2.24, 2.45) is 4.99 Å². The van der Waals surface area contributed by atoms with Crippen molar-refractivity contribution in [1.82, 2.24) is 14.9 Å². The number of ether oxygens (including phenoxy) is 1. The molecule has 0 aromatic heterocycles. The molecule has 9 heteroatoms. The summed E-state index contributed by atoms with van der Waals surface area (Å²) in [6.45, 7) is 2.30. The van der Waals surface area contributed by atoms with Crippen molar-refractivity contribution in [3.63, 3.8) is 0 Å². The number of guanidine groups is 1. The van der Waals surface area contributed by atoms with Gasteiger partial charge in [-0.15, -0.1) is 0 Å². The molecule has 0 bridgehead atoms. The standard InChI is InChI=1S/C15H23FN4O3S/c1-17-15(19-12-13-3-2-4-14(16)11-13)18-5-10-24(21,22)20-6-8-23-9-7-20/h2-4,11H,5-10,12H2,1H3,(H2,17,18,19). The van der Waals surface area contributed by atoms with E-state index in [1.165, 1.54) is 16.4 Å². The van der Waals surface area contributed by atoms with Crippen LogP contribution in [0.15, 0.2) is 29.3 Å². The number of benzene rings is 1. The summed E-state index contributed by atoms with van der Waals surface area (Å²) in [6, 6.07) is 6.25. The molecule has 1 aromatic rings. The maximum Gasteiger partial charge on any atom is 0.215 e. The molecule has 1 fully saturated rings. The molecular weight excluding hydrogens is 335 g/mol. The van der Waals surface area contributed by atoms with Crippen LogP contribution in [0.3, 0.4) is 0 Å². The Kier molecular flexibility index (Phi) is 6.95. The fraction of sp³-hybridized carbons (Fsp3) is 0.533. The Labute approximate surface area is 142 Å². The molecule has 0 unspecified atom stereocenters. The number of halogens is 1. The van der Waals surface area contributed by atoms with Gasteiger partial charge < -0.3 is 15.4 Å². The summed E-state index contributed by atoms with van der Waals surface area (Å²) in [5.74, 6) is 0.151. The Balaban J connectivity index is 1.77. The van der Waals surface area contributed by atoms with Crippen molar-refractivity contribution in [1.29, 1.82) is 0 Å². The molecule has 1 heterocycles. The molecule has 24 heavy (non-hydrogen) atoms. The number of hydrogen-bond acceptors (Lipinski definition) is 4. The molecule has 2 rings (SSSR count). The van der Waals surface area contributed by atoms with Gasteiger partial charge in [0.15, 0.2) is 5.96 Å². The Morgan fingerprint density at radius 3 is 2.75 bits per heavy atom. The lowest BCUT2D eigenvalue weighted by atomic mass is 10.2. The van der Waals surface area contributed by atoms with Crippen molar-refractivity contribution >= 4 is 16.0 Å². The largest absolute Gasteiger partial charge is 0.379 e. The summed E-state index contributed by atoms with van der Waals surface area (Å²) in [5.41, 5.74) is 0.777. The number of sulfonamides is 1. The Bertz CT molecular complexity index is 660. The summed E-state index contributed by atoms with van der Waals surface area (Å²) in [4.78, 5) is 4.03. The van der Waals surface area contributed by atoms with E-state index >= 15 is 0 Å². The van der Waals surface area contributed by atoms with Crippen LogP contribution in [-0.2, 0) is 21.3 Å². The van der Waals surface area contributed by atoms with Gasteiger partial charge in [0.25, 0.3) is 0 Å². The van der Waals surface area contributed by atoms with Gasteiger partial charge in [-0.05, 0) is 17.7 Å². The molecule has 0 spiro atoms. The molecule has 1 aromatic carbocycles. The number of nitrogens with zero attached hydrogens (tertiary/aromatic N) is 2. The molecule has 2 N–H and O–H groups in total. The van der Waals surface area contributed by atoms with Crippen molar-refractivity contribution < 1.29 is 17.5 Å². The van der Waals surface area contributed by atoms with Crippen LogP contribution in [0.25, 0.3) is 0 Å². The second-order valence-corrected chi connectivity index (χ2v) is 7.40. The predicted octanol–water partition coefficient (Wildman–Crippen LogP) is 0.153. The third-order valence-electron chi connectivity index (χ3n) is 3.59. The molecule has 0 atom stereocenters. The number of hydrogen-bond donors (Lipinski definition) is 2. The summed E-state index contributed by atoms with van der Waals surface area (Å²) in [5, 5.41) is 5.98. The normalized spacial score (nSPS) is 16.8. The van der Waals surface area contributed by atoms with Gasteiger partial charge in [0.2, 0.25) is 10.0 Å². The predicted molar refractivity (Wildman–Crippen MR) is 90.8 cm³/mol. The topological polar surface area (TPSA) is 83.0 Å². The SMILES string of the molecule is CN=C(NCCS(=O)(=O)N1CCOCC1)NCc1cccc(F)c1. The van der Waals surface area contributed by atoms with E-state index in [1.54, 1.807) is 19.2 Å². The fourth-order valence-electron chi connectivity index (χ4n) is 2.31. The lowest BCUT2D eigenvalue weighted by Gasteiger charge is -2.26. The minimum Gasteiger partial charge on any atom is -0.379 e. The first-order chi connectivity index (χ1) is 11.5. The summed E-state index contributed by atoms with van der Waals surface area (Å²) >= 11 is 0. The Hall–Kier alpha value is -1.71. The molecule has 0 radical (unpaired) electrons. The molecule has 1 saturated heterocycles. The zero-order valence-corrected chi connectivity index (χ0v) is 14.5. The van der Waals surface area contributed by atoms with Gasteiger partial charge >= 0.3 is 0 Å². The van der Waals surface area contributed by atoms with E-state index in [9.17, 15) is 12.8 Å². The highest BCUT2D eigenvalue weighted by Gasteiger charge is 2.23. The minimum atomic E-state index is -3.30. The quantitative estimate of drug-likeness (QED) is 0.559. The van der Waals surface area contributed by atoms with Crippen LogP contribution in [-0.4, -0.2) is 64.3 Å². The van der Waals surface area contributed by atoms with Crippen LogP contribution in [0.4, 0.5) is 4.39 Å². The first kappa shape index (κ1) is 18.6. The van der Waals surface area contributed by atoms with Crippen molar-refractivity contribution in [3.8, 4) is 0 Å². The van der Waals surface area contributed by atoms with E-state index in [0.29, 0.717) is 38.8 Å². The van der Waals surface area contributed by atoms with Gasteiger partial charge in [-0.1, -0.05) is 12.1 Å². The van der Waals surface area contributed by atoms with Crippen molar-refractivity contribution in [2.75, 3.05) is 45.6 Å². The summed E-state index contributed by atoms with van der Waals surface area (Å²) in [7, 11) is -1.71. The van der Waals surface area contributed by atoms with Crippen LogP contribution < -0.4 is 10.6 Å². The van der Waals surface area contributed by atoms with E-state index in [-0.39, 0.29) is 18.1 Å². The molecule has 0 aliphatic carbocycles. The zero-order chi connectivity index (χ0) is 17.4. The maximum absolute atomic E-state index is 13.1. The second-order valence-electron chi connectivity index (χ2n) is 5.31. The number of nitrogens with one attached hydrogen (secondary N) is 2. The van der Waals surface area contributed by atoms with Crippen molar-refractivity contribution in [2.45, 2.75) is 6.54 Å². The Morgan fingerprint density at radius 1 is 1.33 bits per heavy atom. The maximum atomic E-state index is 13.1. The van der Waals surface area contributed by atoms with Crippen LogP contribution in [0.5, 0.6) is 0 Å². The van der Waals surface area contributed by atoms with Crippen LogP contribution in [0.2, 0.25) is 0 Å². The van der Waals surface area contributed by atoms with Gasteiger partial charge in [-0.25, -0.2) is 12.8 Å². The molecule has 0 saturated carbocycles. The summed E-state index contributed by atoms with van der Waals surface area (Å²) in [6.07, 6.45) is 0. The lowest BCUT2D eigenvalue weighted by molar-refractivity contribution is 0.0730. The van der Waals surface area contributed by atoms with Crippen LogP contribution >= 0.6 is 0 Å². The monoisotopic (exact) mass is 358 g/mol. The van der Waals surface area contributed by atoms with Gasteiger partial charge in [-0.2, -0.15) is 4.31 Å². The van der Waals surface area contributed by atoms with E-state index < -0.39 is 10.0 Å². The molecule has 134 valence electrons. The van der Waals surface area contributed by atoms with Crippen molar-refractivity contribution in [3.05, 3.63) is 35.6 Å². The van der Waals surface area contributed by atoms with E-state index in [2.05, 4.69) is 15.6 Å². The van der Waals surface area contributed by atoms with E-state index in [0.717, 1.165) is 5.56 Å². The second kappa shape index (κ2) is 8.95. The highest BCUT2D eigenvalue weighted by Crippen LogP contribution is 2.05. The number of aliphatic imine (C=N–C) groups is 1. The van der Waals surface area contributed by atoms with Crippen LogP contribution in [0.1, 0.15) is 5.56 Å². The zero-order valence-electron chi connectivity index (χ0n) is 13.7. The molecular formula is C15H23FN4O3S. The number of rotatable bonds is 6. The van der Waals surface area contributed by atoms with Gasteiger partial charge in [0.1, 0.15) is 5.82 Å². The molecule has 1 aliphatic heterocycles. The molecule has 1 aliphatic rings. The molecule has 7 nitrogen and oxygen atoms in total. The smallest absolute Gasteiger partial charge is 0.215 e. The first-order valence-electron chi connectivity index (χ1n) is 7.76. The van der Waals surface area contributed by atoms with Crippen LogP contribution in [0, 0.1) is 5.82 Å². The third kappa shape index (κ3) is 5.73. The van der Waals surface area contributed by atoms with E-state index in [4.69, 9.17) is 4.74 Å². The van der Waals surface area contributed by atoms with Gasteiger partial charge in [0.05, 0.1) is 19.0 Å². The fourth-order valence-corrected chi connectivity index (χ4v) is 3.63. The first-order valence-corrected chi connectivity index (χ1v) is 9.37. The van der Waals surface area contributed by atoms with Gasteiger partial charge in [0, 0.05) is 33.2 Å². The highest BCUT2D eigenvalue weighted by atomic mass is 32.2. The number of morpholine rings is 1. The van der Waals surface area contributed by atoms with E-state index in [1.807, 2.05) is 0 Å². The van der Waals surface area contributed by atoms with Gasteiger partial charge in [-0.3, -0.25) is 4.99 Å². The highest BCUT2D eigenvalue weighted by molar-refractivity contribution is 7.89. The Morgan fingerprint density at radius 2 is 2.08 bits per heavy atom. The minimum absolute atomic E-state index is 0.0202.